The molecule has 1 aliphatic rings. The van der Waals surface area contributed by atoms with Gasteiger partial charge in [-0.1, -0.05) is 27.2 Å². The van der Waals surface area contributed by atoms with Crippen LogP contribution in [0, 0.1) is 0 Å². The highest BCUT2D eigenvalue weighted by atomic mass is 15.3. The third-order valence-electron chi connectivity index (χ3n) is 3.26. The molecule has 0 saturated carbocycles. The van der Waals surface area contributed by atoms with Crippen molar-refractivity contribution in [2.75, 3.05) is 0 Å². The van der Waals surface area contributed by atoms with Gasteiger partial charge in [-0.2, -0.15) is 5.10 Å². The second-order valence-corrected chi connectivity index (χ2v) is 4.76. The van der Waals surface area contributed by atoms with Gasteiger partial charge in [0, 0.05) is 12.2 Å². The van der Waals surface area contributed by atoms with Gasteiger partial charge in [-0.3, -0.25) is 4.68 Å². The van der Waals surface area contributed by atoms with Crippen molar-refractivity contribution in [2.24, 2.45) is 0 Å². The molecule has 0 aliphatic carbocycles. The van der Waals surface area contributed by atoms with Crippen molar-refractivity contribution in [3.05, 3.63) is 17.5 Å². The lowest BCUT2D eigenvalue weighted by Crippen LogP contribution is -2.06. The van der Waals surface area contributed by atoms with Crippen LogP contribution in [-0.4, -0.2) is 9.78 Å². The van der Waals surface area contributed by atoms with Crippen LogP contribution in [0.4, 0.5) is 0 Å². The molecule has 1 aromatic heterocycles. The summed E-state index contributed by atoms with van der Waals surface area (Å²) in [5, 5.41) is 4.51. The molecule has 0 bridgehead atoms. The summed E-state index contributed by atoms with van der Waals surface area (Å²) >= 11 is 0. The molecular weight excluding hydrogens is 172 g/mol. The molecular formula is C12H20N2. The number of hydrogen-bond donors (Lipinski definition) is 0. The average molecular weight is 192 g/mol. The Balaban J connectivity index is 2.42. The summed E-state index contributed by atoms with van der Waals surface area (Å²) in [6, 6.07) is 0. The number of hydrogen-bond acceptors (Lipinski definition) is 1. The fraction of sp³-hybridized carbons (Fsp3) is 0.750. The fourth-order valence-electron chi connectivity index (χ4n) is 2.42. The summed E-state index contributed by atoms with van der Waals surface area (Å²) in [5.74, 6) is 1.30. The number of rotatable bonds is 1. The third kappa shape index (κ3) is 1.58. The predicted molar refractivity (Wildman–Crippen MR) is 58.6 cm³/mol. The molecule has 0 N–H and O–H groups in total. The summed E-state index contributed by atoms with van der Waals surface area (Å²) in [6.07, 6.45) is 6.03. The van der Waals surface area contributed by atoms with Gasteiger partial charge in [0.05, 0.1) is 6.20 Å². The molecule has 1 atom stereocenters. The Bertz CT molecular complexity index is 312. The van der Waals surface area contributed by atoms with E-state index in [1.165, 1.54) is 30.5 Å². The Labute approximate surface area is 86.3 Å². The normalized spacial score (nSPS) is 22.1. The van der Waals surface area contributed by atoms with E-state index in [4.69, 9.17) is 0 Å². The first-order valence-electron chi connectivity index (χ1n) is 5.75. The van der Waals surface area contributed by atoms with Gasteiger partial charge in [0.15, 0.2) is 0 Å². The Morgan fingerprint density at radius 3 is 2.93 bits per heavy atom. The largest absolute Gasteiger partial charge is 0.269 e. The molecule has 78 valence electrons. The van der Waals surface area contributed by atoms with Crippen molar-refractivity contribution in [2.45, 2.75) is 58.4 Å². The molecule has 1 aliphatic heterocycles. The second-order valence-electron chi connectivity index (χ2n) is 4.76. The molecule has 0 radical (unpaired) electrons. The Morgan fingerprint density at radius 1 is 1.43 bits per heavy atom. The highest BCUT2D eigenvalue weighted by molar-refractivity contribution is 5.25. The highest BCUT2D eigenvalue weighted by Crippen LogP contribution is 2.31. The van der Waals surface area contributed by atoms with Gasteiger partial charge in [0.1, 0.15) is 0 Å². The number of fused-ring (bicyclic) bond motifs is 1. The lowest BCUT2D eigenvalue weighted by atomic mass is 9.94. The van der Waals surface area contributed by atoms with Crippen molar-refractivity contribution >= 4 is 0 Å². The van der Waals surface area contributed by atoms with Crippen LogP contribution in [0.3, 0.4) is 0 Å². The zero-order valence-corrected chi connectivity index (χ0v) is 9.45. The molecule has 1 aromatic rings. The first-order chi connectivity index (χ1) is 6.70. The van der Waals surface area contributed by atoms with Crippen LogP contribution in [0.15, 0.2) is 6.20 Å². The third-order valence-corrected chi connectivity index (χ3v) is 3.26. The van der Waals surface area contributed by atoms with E-state index >= 15 is 0 Å². The van der Waals surface area contributed by atoms with Gasteiger partial charge < -0.3 is 0 Å². The molecule has 0 aromatic carbocycles. The van der Waals surface area contributed by atoms with Crippen LogP contribution >= 0.6 is 0 Å². The molecule has 1 unspecified atom stereocenters. The van der Waals surface area contributed by atoms with Crippen molar-refractivity contribution in [3.8, 4) is 0 Å². The van der Waals surface area contributed by atoms with E-state index in [0.717, 1.165) is 6.54 Å². The molecule has 2 heteroatoms. The van der Waals surface area contributed by atoms with Gasteiger partial charge >= 0.3 is 0 Å². The first-order valence-corrected chi connectivity index (χ1v) is 5.75. The standard InChI is InChI=1S/C12H20N2/c1-9(2)11-8-13-14-7-5-4-6-10(3)12(11)14/h8-10H,4-7H2,1-3H3. The number of nitrogens with zero attached hydrogens (tertiary/aromatic N) is 2. The lowest BCUT2D eigenvalue weighted by molar-refractivity contribution is 0.575. The van der Waals surface area contributed by atoms with E-state index in [2.05, 4.69) is 36.7 Å². The first kappa shape index (κ1) is 9.75. The molecule has 14 heavy (non-hydrogen) atoms. The van der Waals surface area contributed by atoms with Gasteiger partial charge in [-0.05, 0) is 30.2 Å². The van der Waals surface area contributed by atoms with E-state index in [1.54, 1.807) is 0 Å². The quantitative estimate of drug-likeness (QED) is 0.667. The lowest BCUT2D eigenvalue weighted by Gasteiger charge is -2.13. The van der Waals surface area contributed by atoms with Crippen LogP contribution in [-0.2, 0) is 6.54 Å². The van der Waals surface area contributed by atoms with Crippen molar-refractivity contribution in [1.29, 1.82) is 0 Å². The maximum absolute atomic E-state index is 4.51. The molecule has 2 nitrogen and oxygen atoms in total. The molecule has 0 fully saturated rings. The summed E-state index contributed by atoms with van der Waals surface area (Å²) in [7, 11) is 0. The van der Waals surface area contributed by atoms with Crippen molar-refractivity contribution in [3.63, 3.8) is 0 Å². The molecule has 0 amide bonds. The zero-order chi connectivity index (χ0) is 10.1. The van der Waals surface area contributed by atoms with E-state index in [9.17, 15) is 0 Å². The smallest absolute Gasteiger partial charge is 0.0527 e. The van der Waals surface area contributed by atoms with Crippen LogP contribution in [0.1, 0.15) is 63.1 Å². The summed E-state index contributed by atoms with van der Waals surface area (Å²) in [5.41, 5.74) is 2.96. The van der Waals surface area contributed by atoms with Gasteiger partial charge in [-0.15, -0.1) is 0 Å². The van der Waals surface area contributed by atoms with Gasteiger partial charge in [-0.25, -0.2) is 0 Å². The highest BCUT2D eigenvalue weighted by Gasteiger charge is 2.20. The van der Waals surface area contributed by atoms with E-state index in [0.29, 0.717) is 11.8 Å². The topological polar surface area (TPSA) is 17.8 Å². The molecule has 2 rings (SSSR count). The maximum atomic E-state index is 4.51. The molecule has 2 heterocycles. The Kier molecular flexibility index (Phi) is 2.62. The number of aryl methyl sites for hydroxylation is 1. The summed E-state index contributed by atoms with van der Waals surface area (Å²) in [6.45, 7) is 7.97. The molecule has 0 saturated heterocycles. The fourth-order valence-corrected chi connectivity index (χ4v) is 2.42. The van der Waals surface area contributed by atoms with Gasteiger partial charge in [0.25, 0.3) is 0 Å². The van der Waals surface area contributed by atoms with E-state index in [1.807, 2.05) is 0 Å². The van der Waals surface area contributed by atoms with E-state index < -0.39 is 0 Å². The molecule has 0 spiro atoms. The number of aromatic nitrogens is 2. The average Bonchev–Trinajstić information content (AvgIpc) is 2.48. The zero-order valence-electron chi connectivity index (χ0n) is 9.45. The predicted octanol–water partition coefficient (Wildman–Crippen LogP) is 3.29. The van der Waals surface area contributed by atoms with Gasteiger partial charge in [0.2, 0.25) is 0 Å². The van der Waals surface area contributed by atoms with Crippen LogP contribution in [0.25, 0.3) is 0 Å². The SMILES string of the molecule is CC(C)c1cnn2c1C(C)CCCC2. The minimum absolute atomic E-state index is 0.610. The van der Waals surface area contributed by atoms with E-state index in [-0.39, 0.29) is 0 Å². The second kappa shape index (κ2) is 3.76. The van der Waals surface area contributed by atoms with Crippen LogP contribution in [0.2, 0.25) is 0 Å². The Morgan fingerprint density at radius 2 is 2.21 bits per heavy atom. The monoisotopic (exact) mass is 192 g/mol. The van der Waals surface area contributed by atoms with Crippen molar-refractivity contribution < 1.29 is 0 Å². The Hall–Kier alpha value is -0.790. The summed E-state index contributed by atoms with van der Waals surface area (Å²) < 4.78 is 2.23. The van der Waals surface area contributed by atoms with Crippen LogP contribution < -0.4 is 0 Å². The van der Waals surface area contributed by atoms with Crippen molar-refractivity contribution in [1.82, 2.24) is 9.78 Å². The minimum Gasteiger partial charge on any atom is -0.269 e. The maximum Gasteiger partial charge on any atom is 0.0527 e. The summed E-state index contributed by atoms with van der Waals surface area (Å²) in [4.78, 5) is 0. The minimum atomic E-state index is 0.610. The van der Waals surface area contributed by atoms with Crippen LogP contribution in [0.5, 0.6) is 0 Å².